The molecule has 156 valence electrons. The molecule has 1 saturated carbocycles. The maximum Gasteiger partial charge on any atom is 0.254 e. The maximum atomic E-state index is 13.4. The molecule has 6 nitrogen and oxygen atoms in total. The molecule has 1 heterocycles. The van der Waals surface area contributed by atoms with E-state index in [-0.39, 0.29) is 11.9 Å². The van der Waals surface area contributed by atoms with Gasteiger partial charge in [0.05, 0.1) is 7.11 Å². The minimum absolute atomic E-state index is 0.0314. The Balaban J connectivity index is 1.59. The van der Waals surface area contributed by atoms with Gasteiger partial charge in [0.25, 0.3) is 5.91 Å². The summed E-state index contributed by atoms with van der Waals surface area (Å²) in [5, 5.41) is 4.14. The van der Waals surface area contributed by atoms with Crippen molar-refractivity contribution in [3.05, 3.63) is 65.5 Å². The number of ether oxygens (including phenoxy) is 1. The van der Waals surface area contributed by atoms with Gasteiger partial charge in [0, 0.05) is 17.2 Å². The SMILES string of the molecule is COc1cccc(C(=O)N(Cc2nc(-c3cccc(C)c3)no2)C2CCCCC2)c1. The predicted octanol–water partition coefficient (Wildman–Crippen LogP) is 5.03. The largest absolute Gasteiger partial charge is 0.497 e. The Morgan fingerprint density at radius 1 is 1.13 bits per heavy atom. The van der Waals surface area contributed by atoms with Gasteiger partial charge in [0.15, 0.2) is 0 Å². The lowest BCUT2D eigenvalue weighted by Crippen LogP contribution is -2.41. The van der Waals surface area contributed by atoms with E-state index in [9.17, 15) is 4.79 Å². The van der Waals surface area contributed by atoms with E-state index in [4.69, 9.17) is 9.26 Å². The summed E-state index contributed by atoms with van der Waals surface area (Å²) in [5.74, 6) is 1.64. The highest BCUT2D eigenvalue weighted by Crippen LogP contribution is 2.27. The fourth-order valence-corrected chi connectivity index (χ4v) is 4.05. The number of benzene rings is 2. The highest BCUT2D eigenvalue weighted by atomic mass is 16.5. The van der Waals surface area contributed by atoms with Gasteiger partial charge in [0.2, 0.25) is 11.7 Å². The lowest BCUT2D eigenvalue weighted by molar-refractivity contribution is 0.0585. The van der Waals surface area contributed by atoms with E-state index in [2.05, 4.69) is 10.1 Å². The zero-order chi connectivity index (χ0) is 20.9. The van der Waals surface area contributed by atoms with Crippen molar-refractivity contribution in [2.45, 2.75) is 51.6 Å². The van der Waals surface area contributed by atoms with Crippen LogP contribution in [0.3, 0.4) is 0 Å². The average molecular weight is 405 g/mol. The molecule has 0 spiro atoms. The molecule has 0 aliphatic heterocycles. The van der Waals surface area contributed by atoms with Crippen molar-refractivity contribution in [2.24, 2.45) is 0 Å². The fourth-order valence-electron chi connectivity index (χ4n) is 4.05. The van der Waals surface area contributed by atoms with Gasteiger partial charge in [-0.25, -0.2) is 0 Å². The Kier molecular flexibility index (Phi) is 6.12. The van der Waals surface area contributed by atoms with Crippen LogP contribution >= 0.6 is 0 Å². The summed E-state index contributed by atoms with van der Waals surface area (Å²) in [5.41, 5.74) is 2.66. The first-order chi connectivity index (χ1) is 14.6. The molecule has 1 aliphatic rings. The molecule has 1 aliphatic carbocycles. The minimum atomic E-state index is -0.0314. The van der Waals surface area contributed by atoms with Crippen LogP contribution in [0.2, 0.25) is 0 Å². The van der Waals surface area contributed by atoms with Crippen LogP contribution in [0.1, 0.15) is 53.9 Å². The normalized spacial score (nSPS) is 14.5. The van der Waals surface area contributed by atoms with Gasteiger partial charge in [-0.2, -0.15) is 4.98 Å². The van der Waals surface area contributed by atoms with Crippen LogP contribution in [0.25, 0.3) is 11.4 Å². The molecule has 0 radical (unpaired) electrons. The maximum absolute atomic E-state index is 13.4. The van der Waals surface area contributed by atoms with Gasteiger partial charge < -0.3 is 14.2 Å². The molecule has 30 heavy (non-hydrogen) atoms. The third-order valence-electron chi connectivity index (χ3n) is 5.64. The number of aromatic nitrogens is 2. The molecule has 0 bridgehead atoms. The second-order valence-electron chi connectivity index (χ2n) is 7.84. The third kappa shape index (κ3) is 4.53. The molecule has 2 aromatic carbocycles. The smallest absolute Gasteiger partial charge is 0.254 e. The monoisotopic (exact) mass is 405 g/mol. The van der Waals surface area contributed by atoms with Crippen molar-refractivity contribution in [1.29, 1.82) is 0 Å². The van der Waals surface area contributed by atoms with Crippen LogP contribution in [0.4, 0.5) is 0 Å². The Morgan fingerprint density at radius 3 is 2.70 bits per heavy atom. The predicted molar refractivity (Wildman–Crippen MR) is 114 cm³/mol. The van der Waals surface area contributed by atoms with Gasteiger partial charge in [-0.15, -0.1) is 0 Å². The number of hydrogen-bond acceptors (Lipinski definition) is 5. The van der Waals surface area contributed by atoms with Gasteiger partial charge in [-0.1, -0.05) is 54.2 Å². The van der Waals surface area contributed by atoms with Crippen LogP contribution in [0, 0.1) is 6.92 Å². The molecule has 6 heteroatoms. The van der Waals surface area contributed by atoms with E-state index >= 15 is 0 Å². The van der Waals surface area contributed by atoms with Crippen molar-refractivity contribution in [3.8, 4) is 17.1 Å². The minimum Gasteiger partial charge on any atom is -0.497 e. The van der Waals surface area contributed by atoms with Gasteiger partial charge in [0.1, 0.15) is 12.3 Å². The molecule has 3 aromatic rings. The number of carbonyl (C=O) groups is 1. The lowest BCUT2D eigenvalue weighted by Gasteiger charge is -2.33. The Hall–Kier alpha value is -3.15. The van der Waals surface area contributed by atoms with E-state index in [1.54, 1.807) is 13.2 Å². The molecule has 4 rings (SSSR count). The molecule has 0 unspecified atom stereocenters. The van der Waals surface area contributed by atoms with Crippen molar-refractivity contribution < 1.29 is 14.1 Å². The second kappa shape index (κ2) is 9.11. The van der Waals surface area contributed by atoms with Crippen LogP contribution in [-0.4, -0.2) is 34.1 Å². The quantitative estimate of drug-likeness (QED) is 0.575. The Bertz CT molecular complexity index is 1010. The van der Waals surface area contributed by atoms with E-state index in [0.717, 1.165) is 36.8 Å². The van der Waals surface area contributed by atoms with Gasteiger partial charge in [-0.3, -0.25) is 4.79 Å². The summed E-state index contributed by atoms with van der Waals surface area (Å²) in [7, 11) is 1.60. The number of carbonyl (C=O) groups excluding carboxylic acids is 1. The molecule has 0 atom stereocenters. The molecular formula is C24H27N3O3. The van der Waals surface area contributed by atoms with E-state index in [1.165, 1.54) is 6.42 Å². The standard InChI is InChI=1S/C24H27N3O3/c1-17-8-6-9-18(14-17)23-25-22(30-26-23)16-27(20-11-4-3-5-12-20)24(28)19-10-7-13-21(15-19)29-2/h6-10,13-15,20H,3-5,11-12,16H2,1-2H3. The molecule has 1 fully saturated rings. The Labute approximate surface area is 176 Å². The topological polar surface area (TPSA) is 68.5 Å². The summed E-state index contributed by atoms with van der Waals surface area (Å²) in [6, 6.07) is 15.4. The third-order valence-corrected chi connectivity index (χ3v) is 5.64. The average Bonchev–Trinajstić information content (AvgIpc) is 3.26. The first kappa shape index (κ1) is 20.1. The number of amides is 1. The molecular weight excluding hydrogens is 378 g/mol. The van der Waals surface area contributed by atoms with E-state index in [0.29, 0.717) is 29.6 Å². The number of methoxy groups -OCH3 is 1. The first-order valence-electron chi connectivity index (χ1n) is 10.5. The molecule has 0 saturated heterocycles. The highest BCUT2D eigenvalue weighted by molar-refractivity contribution is 5.94. The molecule has 0 N–H and O–H groups in total. The van der Waals surface area contributed by atoms with Gasteiger partial charge in [-0.05, 0) is 44.0 Å². The van der Waals surface area contributed by atoms with Crippen molar-refractivity contribution in [3.63, 3.8) is 0 Å². The number of hydrogen-bond donors (Lipinski definition) is 0. The summed E-state index contributed by atoms with van der Waals surface area (Å²) in [6.07, 6.45) is 5.47. The second-order valence-corrected chi connectivity index (χ2v) is 7.84. The summed E-state index contributed by atoms with van der Waals surface area (Å²) in [4.78, 5) is 19.9. The van der Waals surface area contributed by atoms with Crippen LogP contribution in [0.15, 0.2) is 53.1 Å². The zero-order valence-corrected chi connectivity index (χ0v) is 17.5. The van der Waals surface area contributed by atoms with Crippen LogP contribution in [0.5, 0.6) is 5.75 Å². The summed E-state index contributed by atoms with van der Waals surface area (Å²) < 4.78 is 10.8. The highest BCUT2D eigenvalue weighted by Gasteiger charge is 2.28. The number of rotatable bonds is 6. The summed E-state index contributed by atoms with van der Waals surface area (Å²) >= 11 is 0. The fraction of sp³-hybridized carbons (Fsp3) is 0.375. The van der Waals surface area contributed by atoms with Crippen molar-refractivity contribution >= 4 is 5.91 Å². The first-order valence-corrected chi connectivity index (χ1v) is 10.5. The number of nitrogens with zero attached hydrogens (tertiary/aromatic N) is 3. The van der Waals surface area contributed by atoms with Gasteiger partial charge >= 0.3 is 0 Å². The van der Waals surface area contributed by atoms with Crippen LogP contribution in [-0.2, 0) is 6.54 Å². The van der Waals surface area contributed by atoms with Crippen molar-refractivity contribution in [1.82, 2.24) is 15.0 Å². The lowest BCUT2D eigenvalue weighted by atomic mass is 9.93. The molecule has 1 amide bonds. The van der Waals surface area contributed by atoms with Crippen molar-refractivity contribution in [2.75, 3.05) is 7.11 Å². The Morgan fingerprint density at radius 2 is 1.93 bits per heavy atom. The van der Waals surface area contributed by atoms with E-state index < -0.39 is 0 Å². The summed E-state index contributed by atoms with van der Waals surface area (Å²) in [6.45, 7) is 2.33. The molecule has 1 aromatic heterocycles. The number of aryl methyl sites for hydroxylation is 1. The van der Waals surface area contributed by atoms with E-state index in [1.807, 2.05) is 54.3 Å². The zero-order valence-electron chi connectivity index (χ0n) is 17.5. The van der Waals surface area contributed by atoms with Crippen LogP contribution < -0.4 is 4.74 Å².